The minimum atomic E-state index is -0.135. The molecule has 0 spiro atoms. The molecule has 0 aliphatic carbocycles. The zero-order valence-corrected chi connectivity index (χ0v) is 12.6. The van der Waals surface area contributed by atoms with E-state index in [1.54, 1.807) is 26.2 Å². The molecule has 20 heavy (non-hydrogen) atoms. The van der Waals surface area contributed by atoms with E-state index >= 15 is 0 Å². The highest BCUT2D eigenvalue weighted by molar-refractivity contribution is 5.91. The molecular formula is C14H23N5O. The molecule has 6 nitrogen and oxygen atoms in total. The predicted octanol–water partition coefficient (Wildman–Crippen LogP) is 1.77. The molecule has 1 fully saturated rings. The Hall–Kier alpha value is -1.69. The average Bonchev–Trinajstić information content (AvgIpc) is 2.43. The predicted molar refractivity (Wildman–Crippen MR) is 78.3 cm³/mol. The molecule has 1 aromatic rings. The maximum absolute atomic E-state index is 11.7. The molecule has 1 N–H and O–H groups in total. The second-order valence-corrected chi connectivity index (χ2v) is 5.65. The monoisotopic (exact) mass is 277 g/mol. The van der Waals surface area contributed by atoms with Gasteiger partial charge in [-0.2, -0.15) is 0 Å². The van der Waals surface area contributed by atoms with Gasteiger partial charge in [0, 0.05) is 26.2 Å². The van der Waals surface area contributed by atoms with E-state index in [-0.39, 0.29) is 5.91 Å². The lowest BCUT2D eigenvalue weighted by Crippen LogP contribution is -2.47. The van der Waals surface area contributed by atoms with E-state index in [0.717, 1.165) is 0 Å². The van der Waals surface area contributed by atoms with E-state index in [2.05, 4.69) is 34.5 Å². The lowest BCUT2D eigenvalue weighted by molar-refractivity contribution is 0.0820. The highest BCUT2D eigenvalue weighted by Gasteiger charge is 2.25. The van der Waals surface area contributed by atoms with E-state index in [1.165, 1.54) is 24.2 Å². The Kier molecular flexibility index (Phi) is 4.54. The Morgan fingerprint density at radius 2 is 1.90 bits per heavy atom. The SMILES string of the molecule is CC1CCCC(C)N1Nc1ccc(C(=O)N(C)C)nn1. The number of nitrogens with zero attached hydrogens (tertiary/aromatic N) is 4. The Balaban J connectivity index is 2.05. The van der Waals surface area contributed by atoms with Crippen LogP contribution in [0.25, 0.3) is 0 Å². The van der Waals surface area contributed by atoms with Crippen LogP contribution in [0.1, 0.15) is 43.6 Å². The van der Waals surface area contributed by atoms with Crippen LogP contribution in [0, 0.1) is 0 Å². The van der Waals surface area contributed by atoms with Crippen molar-refractivity contribution in [2.45, 2.75) is 45.2 Å². The molecule has 110 valence electrons. The van der Waals surface area contributed by atoms with Gasteiger partial charge in [-0.05, 0) is 38.8 Å². The number of hydrazine groups is 1. The van der Waals surface area contributed by atoms with Crippen molar-refractivity contribution in [1.82, 2.24) is 20.1 Å². The normalized spacial score (nSPS) is 23.4. The molecule has 0 saturated carbocycles. The zero-order valence-electron chi connectivity index (χ0n) is 12.6. The molecule has 1 amide bonds. The van der Waals surface area contributed by atoms with Crippen molar-refractivity contribution in [3.8, 4) is 0 Å². The summed E-state index contributed by atoms with van der Waals surface area (Å²) in [7, 11) is 3.40. The third-order valence-corrected chi connectivity index (χ3v) is 3.73. The van der Waals surface area contributed by atoms with Gasteiger partial charge in [0.25, 0.3) is 5.91 Å². The van der Waals surface area contributed by atoms with Gasteiger partial charge in [0.2, 0.25) is 0 Å². The van der Waals surface area contributed by atoms with E-state index < -0.39 is 0 Å². The molecule has 2 unspecified atom stereocenters. The summed E-state index contributed by atoms with van der Waals surface area (Å²) in [4.78, 5) is 13.2. The number of hydrogen-bond acceptors (Lipinski definition) is 5. The molecule has 2 atom stereocenters. The lowest BCUT2D eigenvalue weighted by atomic mass is 10.00. The van der Waals surface area contributed by atoms with Crippen molar-refractivity contribution in [2.75, 3.05) is 19.5 Å². The van der Waals surface area contributed by atoms with Crippen molar-refractivity contribution < 1.29 is 4.79 Å². The van der Waals surface area contributed by atoms with Gasteiger partial charge in [0.1, 0.15) is 0 Å². The Morgan fingerprint density at radius 3 is 2.40 bits per heavy atom. The van der Waals surface area contributed by atoms with Gasteiger partial charge >= 0.3 is 0 Å². The van der Waals surface area contributed by atoms with Crippen LogP contribution in [0.15, 0.2) is 12.1 Å². The van der Waals surface area contributed by atoms with Crippen LogP contribution >= 0.6 is 0 Å². The van der Waals surface area contributed by atoms with Gasteiger partial charge in [-0.15, -0.1) is 10.2 Å². The van der Waals surface area contributed by atoms with E-state index in [4.69, 9.17) is 0 Å². The fourth-order valence-corrected chi connectivity index (χ4v) is 2.51. The molecule has 0 aromatic carbocycles. The lowest BCUT2D eigenvalue weighted by Gasteiger charge is -2.38. The summed E-state index contributed by atoms with van der Waals surface area (Å²) >= 11 is 0. The molecule has 2 heterocycles. The van der Waals surface area contributed by atoms with Crippen LogP contribution in [-0.2, 0) is 0 Å². The van der Waals surface area contributed by atoms with Gasteiger partial charge in [-0.3, -0.25) is 4.79 Å². The number of aromatic nitrogens is 2. The van der Waals surface area contributed by atoms with Gasteiger partial charge in [0.15, 0.2) is 11.5 Å². The number of amides is 1. The first-order valence-electron chi connectivity index (χ1n) is 7.09. The highest BCUT2D eigenvalue weighted by atomic mass is 16.2. The summed E-state index contributed by atoms with van der Waals surface area (Å²) in [5, 5.41) is 10.3. The number of anilines is 1. The summed E-state index contributed by atoms with van der Waals surface area (Å²) in [5.41, 5.74) is 3.67. The number of rotatable bonds is 3. The summed E-state index contributed by atoms with van der Waals surface area (Å²) in [6.45, 7) is 4.42. The summed E-state index contributed by atoms with van der Waals surface area (Å²) < 4.78 is 0. The third kappa shape index (κ3) is 3.25. The van der Waals surface area contributed by atoms with Crippen molar-refractivity contribution in [3.63, 3.8) is 0 Å². The summed E-state index contributed by atoms with van der Waals surface area (Å²) in [6.07, 6.45) is 3.63. The van der Waals surface area contributed by atoms with Gasteiger partial charge in [-0.1, -0.05) is 6.42 Å². The van der Waals surface area contributed by atoms with Gasteiger partial charge in [0.05, 0.1) is 0 Å². The number of hydrogen-bond donors (Lipinski definition) is 1. The first-order chi connectivity index (χ1) is 9.49. The third-order valence-electron chi connectivity index (χ3n) is 3.73. The van der Waals surface area contributed by atoms with E-state index in [0.29, 0.717) is 23.6 Å². The van der Waals surface area contributed by atoms with Crippen molar-refractivity contribution >= 4 is 11.7 Å². The molecule has 1 aromatic heterocycles. The minimum absolute atomic E-state index is 0.135. The van der Waals surface area contributed by atoms with Crippen molar-refractivity contribution in [1.29, 1.82) is 0 Å². The second kappa shape index (κ2) is 6.17. The minimum Gasteiger partial charge on any atom is -0.343 e. The standard InChI is InChI=1S/C14H23N5O/c1-10-6-5-7-11(2)19(10)17-13-9-8-12(15-16-13)14(20)18(3)4/h8-11H,5-7H2,1-4H3,(H,16,17). The van der Waals surface area contributed by atoms with Crippen molar-refractivity contribution in [2.24, 2.45) is 0 Å². The maximum Gasteiger partial charge on any atom is 0.273 e. The fourth-order valence-electron chi connectivity index (χ4n) is 2.51. The van der Waals surface area contributed by atoms with Crippen LogP contribution in [0.4, 0.5) is 5.82 Å². The summed E-state index contributed by atoms with van der Waals surface area (Å²) in [5.74, 6) is 0.546. The quantitative estimate of drug-likeness (QED) is 0.912. The van der Waals surface area contributed by atoms with Gasteiger partial charge in [-0.25, -0.2) is 5.01 Å². The van der Waals surface area contributed by atoms with Crippen LogP contribution in [0.2, 0.25) is 0 Å². The highest BCUT2D eigenvalue weighted by Crippen LogP contribution is 2.22. The van der Waals surface area contributed by atoms with Crippen molar-refractivity contribution in [3.05, 3.63) is 17.8 Å². The molecular weight excluding hydrogens is 254 g/mol. The Morgan fingerprint density at radius 1 is 1.25 bits per heavy atom. The molecule has 2 rings (SSSR count). The zero-order chi connectivity index (χ0) is 14.7. The summed E-state index contributed by atoms with van der Waals surface area (Å²) in [6, 6.07) is 4.46. The number of nitrogens with one attached hydrogen (secondary N) is 1. The largest absolute Gasteiger partial charge is 0.343 e. The average molecular weight is 277 g/mol. The topological polar surface area (TPSA) is 61.4 Å². The van der Waals surface area contributed by atoms with Gasteiger partial charge < -0.3 is 10.3 Å². The molecule has 0 radical (unpaired) electrons. The molecule has 1 aliphatic heterocycles. The number of carbonyl (C=O) groups excluding carboxylic acids is 1. The first kappa shape index (κ1) is 14.7. The molecule has 1 saturated heterocycles. The Bertz CT molecular complexity index is 449. The fraction of sp³-hybridized carbons (Fsp3) is 0.643. The second-order valence-electron chi connectivity index (χ2n) is 5.65. The maximum atomic E-state index is 11.7. The smallest absolute Gasteiger partial charge is 0.273 e. The van der Waals surface area contributed by atoms with Crippen LogP contribution in [0.5, 0.6) is 0 Å². The van der Waals surface area contributed by atoms with Crippen LogP contribution in [0.3, 0.4) is 0 Å². The van der Waals surface area contributed by atoms with E-state index in [1.807, 2.05) is 0 Å². The molecule has 1 aliphatic rings. The Labute approximate surface area is 120 Å². The number of carbonyl (C=O) groups is 1. The molecule has 6 heteroatoms. The van der Waals surface area contributed by atoms with Crippen LogP contribution < -0.4 is 5.43 Å². The van der Waals surface area contributed by atoms with E-state index in [9.17, 15) is 4.79 Å². The first-order valence-corrected chi connectivity index (χ1v) is 7.09. The molecule has 0 bridgehead atoms. The number of piperidine rings is 1. The van der Waals surface area contributed by atoms with Crippen LogP contribution in [-0.4, -0.2) is 52.2 Å².